The Morgan fingerprint density at radius 3 is 2.34 bits per heavy atom. The van der Waals surface area contributed by atoms with Gasteiger partial charge < -0.3 is 25.2 Å². The lowest BCUT2D eigenvalue weighted by Gasteiger charge is -2.16. The Bertz CT molecular complexity index is 1030. The van der Waals surface area contributed by atoms with Crippen molar-refractivity contribution >= 4 is 18.0 Å². The van der Waals surface area contributed by atoms with E-state index in [-0.39, 0.29) is 37.1 Å². The van der Waals surface area contributed by atoms with Gasteiger partial charge in [0.1, 0.15) is 6.61 Å². The number of benzene rings is 2. The lowest BCUT2D eigenvalue weighted by atomic mass is 9.98. The van der Waals surface area contributed by atoms with E-state index in [1.807, 2.05) is 31.2 Å². The fourth-order valence-corrected chi connectivity index (χ4v) is 4.72. The predicted molar refractivity (Wildman–Crippen MR) is 130 cm³/mol. The summed E-state index contributed by atoms with van der Waals surface area (Å²) in [6.07, 6.45) is 0.625. The van der Waals surface area contributed by atoms with Crippen LogP contribution in [-0.4, -0.2) is 55.5 Å². The molecule has 8 heteroatoms. The van der Waals surface area contributed by atoms with Gasteiger partial charge in [0.15, 0.2) is 0 Å². The summed E-state index contributed by atoms with van der Waals surface area (Å²) in [6.45, 7) is 3.15. The zero-order valence-corrected chi connectivity index (χ0v) is 19.9. The molecule has 0 bridgehead atoms. The van der Waals surface area contributed by atoms with Gasteiger partial charge >= 0.3 is 12.1 Å². The van der Waals surface area contributed by atoms with Crippen molar-refractivity contribution in [2.45, 2.75) is 38.2 Å². The molecule has 2 aromatic rings. The highest BCUT2D eigenvalue weighted by molar-refractivity contribution is 5.79. The van der Waals surface area contributed by atoms with E-state index in [2.05, 4.69) is 34.9 Å². The summed E-state index contributed by atoms with van der Waals surface area (Å²) < 4.78 is 11.0. The van der Waals surface area contributed by atoms with E-state index in [0.29, 0.717) is 32.4 Å². The first-order chi connectivity index (χ1) is 16.9. The number of nitrogens with one attached hydrogen (secondary N) is 2. The third-order valence-corrected chi connectivity index (χ3v) is 6.76. The zero-order chi connectivity index (χ0) is 24.8. The van der Waals surface area contributed by atoms with Crippen LogP contribution in [0, 0.1) is 11.8 Å². The van der Waals surface area contributed by atoms with Crippen LogP contribution < -0.4 is 10.6 Å². The number of fused-ring (bicyclic) bond motifs is 3. The van der Waals surface area contributed by atoms with E-state index in [1.165, 1.54) is 22.3 Å². The summed E-state index contributed by atoms with van der Waals surface area (Å²) in [4.78, 5) is 35.4. The van der Waals surface area contributed by atoms with Gasteiger partial charge in [0.2, 0.25) is 5.91 Å². The highest BCUT2D eigenvalue weighted by atomic mass is 16.5. The summed E-state index contributed by atoms with van der Waals surface area (Å²) in [7, 11) is 0. The minimum atomic E-state index is -0.864. The summed E-state index contributed by atoms with van der Waals surface area (Å²) in [6, 6.07) is 16.4. The molecule has 2 amide bonds. The SMILES string of the molecule is CC(CCC(=O)NC[C@H]1C[C@@H](C(=O)O)CO1)CNC(=O)OCC1c2ccccc2-c2ccccc21. The molecule has 1 unspecified atom stereocenters. The van der Waals surface area contributed by atoms with E-state index in [0.717, 1.165) is 0 Å². The fraction of sp³-hybridized carbons (Fsp3) is 0.444. The van der Waals surface area contributed by atoms with Crippen LogP contribution in [0.25, 0.3) is 11.1 Å². The number of hydrogen-bond acceptors (Lipinski definition) is 5. The third-order valence-electron chi connectivity index (χ3n) is 6.76. The van der Waals surface area contributed by atoms with Crippen molar-refractivity contribution in [2.24, 2.45) is 11.8 Å². The monoisotopic (exact) mass is 480 g/mol. The second kappa shape index (κ2) is 11.4. The molecule has 1 aliphatic heterocycles. The Labute approximate surface area is 205 Å². The average Bonchev–Trinajstić information content (AvgIpc) is 3.47. The van der Waals surface area contributed by atoms with Gasteiger partial charge in [0.25, 0.3) is 0 Å². The quantitative estimate of drug-likeness (QED) is 0.479. The first-order valence-corrected chi connectivity index (χ1v) is 12.1. The van der Waals surface area contributed by atoms with E-state index < -0.39 is 18.0 Å². The van der Waals surface area contributed by atoms with Crippen LogP contribution in [0.4, 0.5) is 4.79 Å². The maximum Gasteiger partial charge on any atom is 0.407 e. The lowest BCUT2D eigenvalue weighted by molar-refractivity contribution is -0.141. The van der Waals surface area contributed by atoms with Crippen LogP contribution in [-0.2, 0) is 19.1 Å². The van der Waals surface area contributed by atoms with Crippen LogP contribution in [0.5, 0.6) is 0 Å². The van der Waals surface area contributed by atoms with E-state index in [9.17, 15) is 14.4 Å². The van der Waals surface area contributed by atoms with Crippen molar-refractivity contribution in [3.8, 4) is 11.1 Å². The van der Waals surface area contributed by atoms with Gasteiger partial charge in [-0.15, -0.1) is 0 Å². The normalized spacial score (nSPS) is 19.5. The summed E-state index contributed by atoms with van der Waals surface area (Å²) in [5, 5.41) is 14.6. The van der Waals surface area contributed by atoms with Crippen molar-refractivity contribution in [1.82, 2.24) is 10.6 Å². The Balaban J connectivity index is 1.14. The third kappa shape index (κ3) is 6.19. The van der Waals surface area contributed by atoms with Crippen molar-refractivity contribution in [3.05, 3.63) is 59.7 Å². The topological polar surface area (TPSA) is 114 Å². The van der Waals surface area contributed by atoms with Gasteiger partial charge in [-0.3, -0.25) is 9.59 Å². The number of amides is 2. The molecule has 0 saturated carbocycles. The molecule has 0 spiro atoms. The summed E-state index contributed by atoms with van der Waals surface area (Å²) in [5.74, 6) is -1.36. The Hall–Kier alpha value is -3.39. The number of alkyl carbamates (subject to hydrolysis) is 1. The van der Waals surface area contributed by atoms with Gasteiger partial charge in [-0.1, -0.05) is 55.5 Å². The number of carboxylic acids is 1. The minimum absolute atomic E-state index is 0.0175. The van der Waals surface area contributed by atoms with Crippen molar-refractivity contribution in [2.75, 3.05) is 26.3 Å². The molecule has 2 aromatic carbocycles. The lowest BCUT2D eigenvalue weighted by Crippen LogP contribution is -2.33. The van der Waals surface area contributed by atoms with Gasteiger partial charge in [-0.2, -0.15) is 0 Å². The van der Waals surface area contributed by atoms with Crippen LogP contribution >= 0.6 is 0 Å². The molecule has 3 N–H and O–H groups in total. The predicted octanol–water partition coefficient (Wildman–Crippen LogP) is 3.55. The van der Waals surface area contributed by atoms with Gasteiger partial charge in [-0.25, -0.2) is 4.79 Å². The molecule has 35 heavy (non-hydrogen) atoms. The largest absolute Gasteiger partial charge is 0.481 e. The van der Waals surface area contributed by atoms with Gasteiger partial charge in [0.05, 0.1) is 18.6 Å². The molecule has 4 rings (SSSR count). The Kier molecular flexibility index (Phi) is 8.02. The molecule has 1 fully saturated rings. The van der Waals surface area contributed by atoms with Crippen molar-refractivity contribution in [1.29, 1.82) is 0 Å². The maximum absolute atomic E-state index is 12.3. The molecule has 186 valence electrons. The minimum Gasteiger partial charge on any atom is -0.481 e. The first-order valence-electron chi connectivity index (χ1n) is 12.1. The Morgan fingerprint density at radius 1 is 1.06 bits per heavy atom. The highest BCUT2D eigenvalue weighted by Gasteiger charge is 2.31. The Morgan fingerprint density at radius 2 is 1.71 bits per heavy atom. The van der Waals surface area contributed by atoms with Crippen LogP contribution in [0.15, 0.2) is 48.5 Å². The van der Waals surface area contributed by atoms with Gasteiger partial charge in [0, 0.05) is 25.4 Å². The number of ether oxygens (including phenoxy) is 2. The maximum atomic E-state index is 12.3. The number of carbonyl (C=O) groups excluding carboxylic acids is 2. The number of carboxylic acid groups (broad SMARTS) is 1. The van der Waals surface area contributed by atoms with Crippen molar-refractivity contribution in [3.63, 3.8) is 0 Å². The molecule has 0 radical (unpaired) electrons. The van der Waals surface area contributed by atoms with Crippen molar-refractivity contribution < 1.29 is 29.0 Å². The molecular weight excluding hydrogens is 448 g/mol. The molecule has 0 aromatic heterocycles. The molecule has 2 aliphatic rings. The first kappa shape index (κ1) is 24.7. The average molecular weight is 481 g/mol. The number of aliphatic carboxylic acids is 1. The number of carbonyl (C=O) groups is 3. The highest BCUT2D eigenvalue weighted by Crippen LogP contribution is 2.44. The molecular formula is C27H32N2O6. The van der Waals surface area contributed by atoms with Gasteiger partial charge in [-0.05, 0) is 41.0 Å². The standard InChI is InChI=1S/C27H32N2O6/c1-17(10-11-25(30)28-14-19-12-18(15-34-19)26(31)32)13-29-27(33)35-16-24-22-8-4-2-6-20(22)21-7-3-5-9-23(21)24/h2-9,17-19,24H,10-16H2,1H3,(H,28,30)(H,29,33)(H,31,32)/t17?,18-,19-/m1/s1. The fourth-order valence-electron chi connectivity index (χ4n) is 4.72. The smallest absolute Gasteiger partial charge is 0.407 e. The summed E-state index contributed by atoms with van der Waals surface area (Å²) >= 11 is 0. The van der Waals surface area contributed by atoms with Crippen LogP contribution in [0.2, 0.25) is 0 Å². The molecule has 1 saturated heterocycles. The number of rotatable bonds is 10. The van der Waals surface area contributed by atoms with E-state index in [1.54, 1.807) is 0 Å². The van der Waals surface area contributed by atoms with E-state index >= 15 is 0 Å². The second-order valence-corrected chi connectivity index (χ2v) is 9.38. The molecule has 1 heterocycles. The molecule has 8 nitrogen and oxygen atoms in total. The summed E-state index contributed by atoms with van der Waals surface area (Å²) in [5.41, 5.74) is 4.71. The second-order valence-electron chi connectivity index (χ2n) is 9.38. The van der Waals surface area contributed by atoms with Crippen LogP contribution in [0.3, 0.4) is 0 Å². The molecule has 1 aliphatic carbocycles. The number of hydrogen-bond donors (Lipinski definition) is 3. The zero-order valence-electron chi connectivity index (χ0n) is 19.9. The van der Waals surface area contributed by atoms with Crippen LogP contribution in [0.1, 0.15) is 43.2 Å². The van der Waals surface area contributed by atoms with E-state index in [4.69, 9.17) is 14.6 Å². The molecule has 3 atom stereocenters.